The summed E-state index contributed by atoms with van der Waals surface area (Å²) in [5.41, 5.74) is 1.72. The van der Waals surface area contributed by atoms with Gasteiger partial charge < -0.3 is 16.0 Å². The van der Waals surface area contributed by atoms with Crippen molar-refractivity contribution in [3.63, 3.8) is 0 Å². The summed E-state index contributed by atoms with van der Waals surface area (Å²) in [4.78, 5) is 28.1. The summed E-state index contributed by atoms with van der Waals surface area (Å²) in [6.45, 7) is 3.82. The van der Waals surface area contributed by atoms with Crippen LogP contribution in [0.15, 0.2) is 82.8 Å². The zero-order valence-corrected chi connectivity index (χ0v) is 18.5. The van der Waals surface area contributed by atoms with Crippen LogP contribution in [0, 0.1) is 5.92 Å². The van der Waals surface area contributed by atoms with Crippen molar-refractivity contribution >= 4 is 33.2 Å². The molecule has 1 aromatic heterocycles. The molecule has 0 saturated carbocycles. The monoisotopic (exact) mass is 452 g/mol. The zero-order chi connectivity index (χ0) is 23.1. The SMILES string of the molecule is CC(C)C(=O)Nc1cccc(S(=O)(=O)c2ccc(NC(=O)NCc3cccnc3)cc2)c1. The third-order valence-corrected chi connectivity index (χ3v) is 6.30. The number of hydrogen-bond acceptors (Lipinski definition) is 5. The van der Waals surface area contributed by atoms with Crippen LogP contribution in [0.1, 0.15) is 19.4 Å². The number of amides is 3. The van der Waals surface area contributed by atoms with Gasteiger partial charge >= 0.3 is 6.03 Å². The molecule has 0 atom stereocenters. The van der Waals surface area contributed by atoms with Crippen molar-refractivity contribution in [1.29, 1.82) is 0 Å². The Labute approximate surface area is 187 Å². The second-order valence-electron chi connectivity index (χ2n) is 7.37. The van der Waals surface area contributed by atoms with Crippen molar-refractivity contribution in [3.05, 3.63) is 78.6 Å². The minimum absolute atomic E-state index is 0.0639. The van der Waals surface area contributed by atoms with Crippen LogP contribution in [-0.4, -0.2) is 25.3 Å². The Kier molecular flexibility index (Phi) is 7.21. The average Bonchev–Trinajstić information content (AvgIpc) is 2.79. The van der Waals surface area contributed by atoms with Gasteiger partial charge in [-0.3, -0.25) is 9.78 Å². The number of sulfone groups is 1. The molecule has 0 aliphatic heterocycles. The lowest BCUT2D eigenvalue weighted by Crippen LogP contribution is -2.28. The van der Waals surface area contributed by atoms with E-state index in [0.717, 1.165) is 5.56 Å². The summed E-state index contributed by atoms with van der Waals surface area (Å²) in [5.74, 6) is -0.423. The molecule has 9 heteroatoms. The maximum atomic E-state index is 13.0. The van der Waals surface area contributed by atoms with Crippen molar-refractivity contribution < 1.29 is 18.0 Å². The molecule has 0 spiro atoms. The Morgan fingerprint density at radius 1 is 0.906 bits per heavy atom. The molecule has 0 saturated heterocycles. The van der Waals surface area contributed by atoms with Gasteiger partial charge in [-0.1, -0.05) is 26.0 Å². The quantitative estimate of drug-likeness (QED) is 0.504. The van der Waals surface area contributed by atoms with E-state index < -0.39 is 15.9 Å². The maximum absolute atomic E-state index is 13.0. The molecule has 2 aromatic carbocycles. The molecule has 3 aromatic rings. The fourth-order valence-electron chi connectivity index (χ4n) is 2.74. The van der Waals surface area contributed by atoms with E-state index in [4.69, 9.17) is 0 Å². The minimum atomic E-state index is -3.80. The number of rotatable bonds is 7. The minimum Gasteiger partial charge on any atom is -0.334 e. The molecular formula is C23H24N4O4S. The van der Waals surface area contributed by atoms with Crippen LogP contribution in [0.25, 0.3) is 0 Å². The smallest absolute Gasteiger partial charge is 0.319 e. The molecule has 0 unspecified atom stereocenters. The van der Waals surface area contributed by atoms with Crippen LogP contribution in [0.3, 0.4) is 0 Å². The van der Waals surface area contributed by atoms with Gasteiger partial charge in [-0.25, -0.2) is 13.2 Å². The van der Waals surface area contributed by atoms with Gasteiger partial charge in [0.05, 0.1) is 9.79 Å². The highest BCUT2D eigenvalue weighted by atomic mass is 32.2. The first-order valence-electron chi connectivity index (χ1n) is 9.95. The summed E-state index contributed by atoms with van der Waals surface area (Å²) >= 11 is 0. The topological polar surface area (TPSA) is 117 Å². The predicted molar refractivity (Wildman–Crippen MR) is 122 cm³/mol. The molecule has 166 valence electrons. The highest BCUT2D eigenvalue weighted by Gasteiger charge is 2.19. The lowest BCUT2D eigenvalue weighted by molar-refractivity contribution is -0.118. The standard InChI is InChI=1S/C23H24N4O4S/c1-16(2)22(28)26-19-6-3-7-21(13-19)32(30,31)20-10-8-18(9-11-20)27-23(29)25-15-17-5-4-12-24-14-17/h3-14,16H,15H2,1-2H3,(H,26,28)(H2,25,27,29). The number of anilines is 2. The van der Waals surface area contributed by atoms with Crippen molar-refractivity contribution in [2.45, 2.75) is 30.2 Å². The van der Waals surface area contributed by atoms with Gasteiger partial charge in [0, 0.05) is 36.2 Å². The number of aromatic nitrogens is 1. The molecule has 0 aliphatic rings. The van der Waals surface area contributed by atoms with Crippen LogP contribution in [0.2, 0.25) is 0 Å². The van der Waals surface area contributed by atoms with E-state index in [-0.39, 0.29) is 21.6 Å². The van der Waals surface area contributed by atoms with Gasteiger partial charge in [0.15, 0.2) is 0 Å². The van der Waals surface area contributed by atoms with Crippen molar-refractivity contribution in [3.8, 4) is 0 Å². The van der Waals surface area contributed by atoms with Gasteiger partial charge in [0.25, 0.3) is 0 Å². The molecule has 3 N–H and O–H groups in total. The maximum Gasteiger partial charge on any atom is 0.319 e. The van der Waals surface area contributed by atoms with E-state index in [1.807, 2.05) is 6.07 Å². The highest BCUT2D eigenvalue weighted by Crippen LogP contribution is 2.24. The van der Waals surface area contributed by atoms with Crippen LogP contribution in [0.4, 0.5) is 16.2 Å². The van der Waals surface area contributed by atoms with Crippen molar-refractivity contribution in [1.82, 2.24) is 10.3 Å². The fourth-order valence-corrected chi connectivity index (χ4v) is 4.05. The number of hydrogen-bond donors (Lipinski definition) is 3. The summed E-state index contributed by atoms with van der Waals surface area (Å²) in [5, 5.41) is 8.06. The molecule has 0 bridgehead atoms. The Hall–Kier alpha value is -3.72. The molecule has 0 radical (unpaired) electrons. The molecule has 0 aliphatic carbocycles. The second-order valence-corrected chi connectivity index (χ2v) is 9.32. The van der Waals surface area contributed by atoms with E-state index in [0.29, 0.717) is 17.9 Å². The molecule has 8 nitrogen and oxygen atoms in total. The van der Waals surface area contributed by atoms with Crippen LogP contribution in [0.5, 0.6) is 0 Å². The molecule has 3 rings (SSSR count). The first-order valence-corrected chi connectivity index (χ1v) is 11.4. The van der Waals surface area contributed by atoms with Crippen molar-refractivity contribution in [2.24, 2.45) is 5.92 Å². The number of benzene rings is 2. The normalized spacial score (nSPS) is 11.1. The van der Waals surface area contributed by atoms with Gasteiger partial charge in [-0.05, 0) is 54.1 Å². The second kappa shape index (κ2) is 10.1. The van der Waals surface area contributed by atoms with E-state index >= 15 is 0 Å². The van der Waals surface area contributed by atoms with Gasteiger partial charge in [-0.2, -0.15) is 0 Å². The summed E-state index contributed by atoms with van der Waals surface area (Å²) in [6.07, 6.45) is 3.31. The van der Waals surface area contributed by atoms with Crippen LogP contribution < -0.4 is 16.0 Å². The first kappa shape index (κ1) is 23.0. The Morgan fingerprint density at radius 3 is 2.31 bits per heavy atom. The van der Waals surface area contributed by atoms with Crippen molar-refractivity contribution in [2.75, 3.05) is 10.6 Å². The lowest BCUT2D eigenvalue weighted by atomic mass is 10.2. The number of urea groups is 1. The highest BCUT2D eigenvalue weighted by molar-refractivity contribution is 7.91. The van der Waals surface area contributed by atoms with E-state index in [1.165, 1.54) is 36.4 Å². The van der Waals surface area contributed by atoms with Crippen LogP contribution >= 0.6 is 0 Å². The van der Waals surface area contributed by atoms with Gasteiger partial charge in [0.1, 0.15) is 0 Å². The summed E-state index contributed by atoms with van der Waals surface area (Å²) < 4.78 is 26.0. The van der Waals surface area contributed by atoms with Gasteiger partial charge in [0.2, 0.25) is 15.7 Å². The Balaban J connectivity index is 1.67. The molecule has 1 heterocycles. The third-order valence-electron chi connectivity index (χ3n) is 4.53. The van der Waals surface area contributed by atoms with E-state index in [2.05, 4.69) is 20.9 Å². The average molecular weight is 453 g/mol. The predicted octanol–water partition coefficient (Wildman–Crippen LogP) is 3.83. The van der Waals surface area contributed by atoms with Gasteiger partial charge in [-0.15, -0.1) is 0 Å². The largest absolute Gasteiger partial charge is 0.334 e. The molecule has 0 fully saturated rings. The Bertz CT molecular complexity index is 1190. The van der Waals surface area contributed by atoms with E-state index in [9.17, 15) is 18.0 Å². The summed E-state index contributed by atoms with van der Waals surface area (Å²) in [6, 6.07) is 15.2. The van der Waals surface area contributed by atoms with Crippen LogP contribution in [-0.2, 0) is 21.2 Å². The first-order chi connectivity index (χ1) is 15.3. The number of pyridine rings is 1. The lowest BCUT2D eigenvalue weighted by Gasteiger charge is -2.11. The summed E-state index contributed by atoms with van der Waals surface area (Å²) in [7, 11) is -3.80. The number of carbonyl (C=O) groups excluding carboxylic acids is 2. The zero-order valence-electron chi connectivity index (χ0n) is 17.7. The molecular weight excluding hydrogens is 428 g/mol. The number of nitrogens with zero attached hydrogens (tertiary/aromatic N) is 1. The fraction of sp³-hybridized carbons (Fsp3) is 0.174. The van der Waals surface area contributed by atoms with E-state index in [1.54, 1.807) is 44.4 Å². The molecule has 3 amide bonds. The Morgan fingerprint density at radius 2 is 1.66 bits per heavy atom. The molecule has 32 heavy (non-hydrogen) atoms. The third kappa shape index (κ3) is 5.92. The number of nitrogens with one attached hydrogen (secondary N) is 3. The number of carbonyl (C=O) groups is 2.